The van der Waals surface area contributed by atoms with Crippen LogP contribution < -0.4 is 19.5 Å². The van der Waals surface area contributed by atoms with Crippen molar-refractivity contribution in [3.8, 4) is 17.2 Å². The number of hydrogen-bond donors (Lipinski definition) is 1. The summed E-state index contributed by atoms with van der Waals surface area (Å²) in [5.74, 6) is 1.62. The second-order valence-corrected chi connectivity index (χ2v) is 8.77. The van der Waals surface area contributed by atoms with Crippen molar-refractivity contribution < 1.29 is 23.8 Å². The lowest BCUT2D eigenvalue weighted by atomic mass is 10.1. The molecule has 1 aliphatic rings. The first kappa shape index (κ1) is 22.7. The molecule has 33 heavy (non-hydrogen) atoms. The smallest absolute Gasteiger partial charge is 0.263 e. The summed E-state index contributed by atoms with van der Waals surface area (Å²) in [6.45, 7) is 2.42. The van der Waals surface area contributed by atoms with Crippen molar-refractivity contribution in [2.24, 2.45) is 0 Å². The molecule has 0 bridgehead atoms. The van der Waals surface area contributed by atoms with Crippen LogP contribution in [0, 0.1) is 0 Å². The van der Waals surface area contributed by atoms with Gasteiger partial charge in [0.15, 0.2) is 17.6 Å². The van der Waals surface area contributed by atoms with Gasteiger partial charge < -0.3 is 24.4 Å². The van der Waals surface area contributed by atoms with Crippen LogP contribution in [0.4, 0.5) is 5.69 Å². The predicted molar refractivity (Wildman–Crippen MR) is 127 cm³/mol. The van der Waals surface area contributed by atoms with Crippen LogP contribution in [0.3, 0.4) is 0 Å². The van der Waals surface area contributed by atoms with Crippen molar-refractivity contribution in [1.82, 2.24) is 4.90 Å². The summed E-state index contributed by atoms with van der Waals surface area (Å²) in [4.78, 5) is 28.2. The number of methoxy groups -OCH3 is 2. The van der Waals surface area contributed by atoms with Crippen LogP contribution in [0.5, 0.6) is 17.2 Å². The van der Waals surface area contributed by atoms with Crippen LogP contribution in [-0.2, 0) is 29.1 Å². The van der Waals surface area contributed by atoms with Gasteiger partial charge in [0, 0.05) is 34.8 Å². The maximum absolute atomic E-state index is 13.1. The number of carbonyl (C=O) groups is 2. The van der Waals surface area contributed by atoms with Crippen molar-refractivity contribution in [3.05, 3.63) is 69.9 Å². The highest BCUT2D eigenvalue weighted by Gasteiger charge is 2.29. The molecule has 8 heteroatoms. The number of nitrogens with zero attached hydrogens (tertiary/aromatic N) is 1. The Kier molecular flexibility index (Phi) is 6.84. The molecule has 4 rings (SSSR count). The third kappa shape index (κ3) is 5.12. The molecule has 0 saturated heterocycles. The standard InChI is InChI=1S/C25H26N2O5S/c1-16-25(29)27(14-17-6-4-8-22(30-2)24(17)31-3)15-18-12-19(9-10-21(18)32-16)26-23(28)13-20-7-5-11-33-20/h4-12,16H,13-15H2,1-3H3,(H,26,28). The highest BCUT2D eigenvalue weighted by molar-refractivity contribution is 7.10. The second-order valence-electron chi connectivity index (χ2n) is 7.73. The molecule has 0 radical (unpaired) electrons. The number of benzene rings is 2. The van der Waals surface area contributed by atoms with Gasteiger partial charge in [-0.05, 0) is 42.6 Å². The van der Waals surface area contributed by atoms with Gasteiger partial charge in [-0.15, -0.1) is 11.3 Å². The molecule has 2 amide bonds. The van der Waals surface area contributed by atoms with E-state index in [0.29, 0.717) is 42.4 Å². The van der Waals surface area contributed by atoms with E-state index in [1.54, 1.807) is 49.5 Å². The van der Waals surface area contributed by atoms with E-state index in [-0.39, 0.29) is 11.8 Å². The zero-order valence-electron chi connectivity index (χ0n) is 18.8. The van der Waals surface area contributed by atoms with Crippen LogP contribution in [0.2, 0.25) is 0 Å². The highest BCUT2D eigenvalue weighted by atomic mass is 32.1. The third-order valence-corrected chi connectivity index (χ3v) is 6.31. The zero-order chi connectivity index (χ0) is 23.4. The predicted octanol–water partition coefficient (Wildman–Crippen LogP) is 4.26. The molecule has 3 aromatic rings. The van der Waals surface area contributed by atoms with E-state index in [0.717, 1.165) is 16.0 Å². The van der Waals surface area contributed by atoms with E-state index in [1.165, 1.54) is 0 Å². The summed E-state index contributed by atoms with van der Waals surface area (Å²) < 4.78 is 16.9. The second kappa shape index (κ2) is 9.95. The van der Waals surface area contributed by atoms with Crippen LogP contribution in [0.25, 0.3) is 0 Å². The van der Waals surface area contributed by atoms with Crippen molar-refractivity contribution in [3.63, 3.8) is 0 Å². The number of rotatable bonds is 7. The first-order valence-corrected chi connectivity index (χ1v) is 11.5. The Hall–Kier alpha value is -3.52. The Morgan fingerprint density at radius 1 is 1.18 bits per heavy atom. The van der Waals surface area contributed by atoms with E-state index in [9.17, 15) is 9.59 Å². The summed E-state index contributed by atoms with van der Waals surface area (Å²) in [7, 11) is 3.16. The van der Waals surface area contributed by atoms with E-state index in [2.05, 4.69) is 5.32 Å². The van der Waals surface area contributed by atoms with Crippen LogP contribution in [0.1, 0.15) is 22.9 Å². The fourth-order valence-electron chi connectivity index (χ4n) is 3.87. The fourth-order valence-corrected chi connectivity index (χ4v) is 4.57. The SMILES string of the molecule is COc1cccc(CN2Cc3cc(NC(=O)Cc4cccs4)ccc3OC(C)C2=O)c1OC. The highest BCUT2D eigenvalue weighted by Crippen LogP contribution is 2.34. The molecule has 2 aromatic carbocycles. The van der Waals surface area contributed by atoms with E-state index in [1.807, 2.05) is 41.8 Å². The van der Waals surface area contributed by atoms with Crippen molar-refractivity contribution in [2.75, 3.05) is 19.5 Å². The van der Waals surface area contributed by atoms with Gasteiger partial charge in [0.1, 0.15) is 5.75 Å². The van der Waals surface area contributed by atoms with E-state index in [4.69, 9.17) is 14.2 Å². The average Bonchev–Trinajstić information content (AvgIpc) is 3.28. The summed E-state index contributed by atoms with van der Waals surface area (Å²) >= 11 is 1.55. The molecule has 1 atom stereocenters. The molecule has 0 aliphatic carbocycles. The average molecular weight is 467 g/mol. The monoisotopic (exact) mass is 466 g/mol. The normalized spacial score (nSPS) is 15.3. The molecular formula is C25H26N2O5S. The number of nitrogens with one attached hydrogen (secondary N) is 1. The Morgan fingerprint density at radius 3 is 2.76 bits per heavy atom. The van der Waals surface area contributed by atoms with E-state index >= 15 is 0 Å². The topological polar surface area (TPSA) is 77.1 Å². The molecule has 2 heterocycles. The minimum absolute atomic E-state index is 0.0886. The van der Waals surface area contributed by atoms with Gasteiger partial charge in [-0.25, -0.2) is 0 Å². The van der Waals surface area contributed by atoms with Gasteiger partial charge in [0.05, 0.1) is 20.6 Å². The summed E-state index contributed by atoms with van der Waals surface area (Å²) in [5, 5.41) is 4.89. The zero-order valence-corrected chi connectivity index (χ0v) is 19.6. The molecule has 1 N–H and O–H groups in total. The number of hydrogen-bond acceptors (Lipinski definition) is 6. The maximum atomic E-state index is 13.1. The lowest BCUT2D eigenvalue weighted by molar-refractivity contribution is -0.138. The Labute approximate surface area is 196 Å². The van der Waals surface area contributed by atoms with Crippen LogP contribution in [-0.4, -0.2) is 37.0 Å². The number of fused-ring (bicyclic) bond motifs is 1. The molecular weight excluding hydrogens is 440 g/mol. The number of para-hydroxylation sites is 1. The number of ether oxygens (including phenoxy) is 3. The van der Waals surface area contributed by atoms with Crippen molar-refractivity contribution in [2.45, 2.75) is 32.5 Å². The number of thiophene rings is 1. The molecule has 0 saturated carbocycles. The molecule has 172 valence electrons. The molecule has 0 fully saturated rings. The number of carbonyl (C=O) groups excluding carboxylic acids is 2. The molecule has 1 aliphatic heterocycles. The van der Waals surface area contributed by atoms with Crippen LogP contribution in [0.15, 0.2) is 53.9 Å². The lowest BCUT2D eigenvalue weighted by Crippen LogP contribution is -2.37. The lowest BCUT2D eigenvalue weighted by Gasteiger charge is -2.24. The van der Waals surface area contributed by atoms with Gasteiger partial charge in [-0.1, -0.05) is 18.2 Å². The Morgan fingerprint density at radius 2 is 2.03 bits per heavy atom. The van der Waals surface area contributed by atoms with E-state index < -0.39 is 6.10 Å². The van der Waals surface area contributed by atoms with Crippen LogP contribution >= 0.6 is 11.3 Å². The van der Waals surface area contributed by atoms with Gasteiger partial charge in [0.25, 0.3) is 5.91 Å². The molecule has 7 nitrogen and oxygen atoms in total. The van der Waals surface area contributed by atoms with Gasteiger partial charge in [-0.2, -0.15) is 0 Å². The first-order valence-electron chi connectivity index (χ1n) is 10.6. The summed E-state index contributed by atoms with van der Waals surface area (Å²) in [5.41, 5.74) is 2.32. The first-order chi connectivity index (χ1) is 16.0. The summed E-state index contributed by atoms with van der Waals surface area (Å²) in [6, 6.07) is 14.9. The maximum Gasteiger partial charge on any atom is 0.263 e. The molecule has 0 spiro atoms. The minimum Gasteiger partial charge on any atom is -0.493 e. The largest absolute Gasteiger partial charge is 0.493 e. The quantitative estimate of drug-likeness (QED) is 0.563. The summed E-state index contributed by atoms with van der Waals surface area (Å²) in [6.07, 6.45) is -0.315. The Balaban J connectivity index is 1.56. The number of amides is 2. The van der Waals surface area contributed by atoms with Crippen molar-refractivity contribution >= 4 is 28.8 Å². The van der Waals surface area contributed by atoms with Gasteiger partial charge >= 0.3 is 0 Å². The van der Waals surface area contributed by atoms with Gasteiger partial charge in [-0.3, -0.25) is 9.59 Å². The minimum atomic E-state index is -0.637. The molecule has 1 unspecified atom stereocenters. The van der Waals surface area contributed by atoms with Crippen molar-refractivity contribution in [1.29, 1.82) is 0 Å². The third-order valence-electron chi connectivity index (χ3n) is 5.43. The number of anilines is 1. The molecule has 1 aromatic heterocycles. The fraction of sp³-hybridized carbons (Fsp3) is 0.280. The van der Waals surface area contributed by atoms with Gasteiger partial charge in [0.2, 0.25) is 5.91 Å². The Bertz CT molecular complexity index is 1150.